The zero-order chi connectivity index (χ0) is 20.0. The lowest BCUT2D eigenvalue weighted by atomic mass is 9.97. The van der Waals surface area contributed by atoms with Crippen molar-refractivity contribution in [2.75, 3.05) is 18.4 Å². The molecule has 1 aliphatic carbocycles. The van der Waals surface area contributed by atoms with Crippen LogP contribution in [0.2, 0.25) is 0 Å². The summed E-state index contributed by atoms with van der Waals surface area (Å²) in [6.45, 7) is 1.31. The number of H-pyrrole nitrogens is 1. The second kappa shape index (κ2) is 7.02. The molecule has 1 aromatic carbocycles. The Morgan fingerprint density at radius 1 is 1.21 bits per heavy atom. The second-order valence-corrected chi connectivity index (χ2v) is 8.03. The molecule has 29 heavy (non-hydrogen) atoms. The molecule has 5 rings (SSSR count). The maximum absolute atomic E-state index is 13.1. The number of nitrogens with zero attached hydrogens (tertiary/aromatic N) is 4. The standard InChI is InChI=1S/C21H24N6O2/c1-26-18(24-20(28)13-8-9-13)11-17(25-26)21(29)27-10-4-5-14(12-27)19-22-15-6-2-3-7-16(15)23-19/h2-3,6-7,11,13-14H,4-5,8-10,12H2,1H3,(H,22,23)(H,24,28). The number of para-hydroxylation sites is 2. The molecule has 1 atom stereocenters. The minimum absolute atomic E-state index is 0.00919. The SMILES string of the molecule is Cn1nc(C(=O)N2CCCC(c3nc4ccccc4[nH]3)C2)cc1NC(=O)C1CC1. The summed E-state index contributed by atoms with van der Waals surface area (Å²) in [6, 6.07) is 9.65. The molecule has 1 saturated heterocycles. The van der Waals surface area contributed by atoms with Gasteiger partial charge in [0.2, 0.25) is 5.91 Å². The molecule has 2 N–H and O–H groups in total. The quantitative estimate of drug-likeness (QED) is 0.713. The number of benzene rings is 1. The van der Waals surface area contributed by atoms with Gasteiger partial charge in [0.25, 0.3) is 5.91 Å². The average molecular weight is 392 g/mol. The van der Waals surface area contributed by atoms with E-state index in [1.54, 1.807) is 17.8 Å². The van der Waals surface area contributed by atoms with Crippen molar-refractivity contribution < 1.29 is 9.59 Å². The molecular weight excluding hydrogens is 368 g/mol. The predicted octanol–water partition coefficient (Wildman–Crippen LogP) is 2.66. The van der Waals surface area contributed by atoms with Crippen LogP contribution in [0.15, 0.2) is 30.3 Å². The van der Waals surface area contributed by atoms with E-state index in [0.29, 0.717) is 24.6 Å². The molecule has 1 aliphatic heterocycles. The van der Waals surface area contributed by atoms with E-state index in [-0.39, 0.29) is 23.7 Å². The number of aromatic nitrogens is 4. The average Bonchev–Trinajstić information content (AvgIpc) is 3.40. The van der Waals surface area contributed by atoms with Crippen LogP contribution >= 0.6 is 0 Å². The first-order valence-electron chi connectivity index (χ1n) is 10.2. The molecule has 1 saturated carbocycles. The minimum Gasteiger partial charge on any atom is -0.342 e. The van der Waals surface area contributed by atoms with E-state index >= 15 is 0 Å². The van der Waals surface area contributed by atoms with Gasteiger partial charge in [0.05, 0.1) is 11.0 Å². The van der Waals surface area contributed by atoms with Gasteiger partial charge in [0.15, 0.2) is 5.69 Å². The van der Waals surface area contributed by atoms with Crippen molar-refractivity contribution in [3.8, 4) is 0 Å². The van der Waals surface area contributed by atoms with Crippen molar-refractivity contribution in [1.29, 1.82) is 0 Å². The molecule has 2 fully saturated rings. The summed E-state index contributed by atoms with van der Waals surface area (Å²) in [5.74, 6) is 1.69. The number of fused-ring (bicyclic) bond motifs is 1. The number of hydrogen-bond acceptors (Lipinski definition) is 4. The number of aryl methyl sites for hydroxylation is 1. The third kappa shape index (κ3) is 3.50. The highest BCUT2D eigenvalue weighted by Gasteiger charge is 2.31. The van der Waals surface area contributed by atoms with Crippen LogP contribution in [-0.4, -0.2) is 49.6 Å². The summed E-state index contributed by atoms with van der Waals surface area (Å²) in [4.78, 5) is 35.0. The van der Waals surface area contributed by atoms with Crippen molar-refractivity contribution >= 4 is 28.7 Å². The fourth-order valence-electron chi connectivity index (χ4n) is 3.98. The Morgan fingerprint density at radius 2 is 2.03 bits per heavy atom. The largest absolute Gasteiger partial charge is 0.342 e. The van der Waals surface area contributed by atoms with Crippen LogP contribution in [0.25, 0.3) is 11.0 Å². The number of nitrogens with one attached hydrogen (secondary N) is 2. The first kappa shape index (κ1) is 17.9. The van der Waals surface area contributed by atoms with Crippen LogP contribution in [0.1, 0.15) is 47.9 Å². The van der Waals surface area contributed by atoms with E-state index in [1.165, 1.54) is 0 Å². The first-order valence-corrected chi connectivity index (χ1v) is 10.2. The molecule has 3 heterocycles. The molecule has 0 radical (unpaired) electrons. The van der Waals surface area contributed by atoms with Crippen LogP contribution in [0.3, 0.4) is 0 Å². The van der Waals surface area contributed by atoms with Crippen molar-refractivity contribution in [1.82, 2.24) is 24.6 Å². The molecule has 3 aromatic rings. The monoisotopic (exact) mass is 392 g/mol. The lowest BCUT2D eigenvalue weighted by molar-refractivity contribution is -0.117. The van der Waals surface area contributed by atoms with E-state index in [1.807, 2.05) is 29.2 Å². The summed E-state index contributed by atoms with van der Waals surface area (Å²) >= 11 is 0. The van der Waals surface area contributed by atoms with E-state index < -0.39 is 0 Å². The summed E-state index contributed by atoms with van der Waals surface area (Å²) in [5, 5.41) is 7.21. The number of imidazole rings is 1. The smallest absolute Gasteiger partial charge is 0.274 e. The number of amides is 2. The summed E-state index contributed by atoms with van der Waals surface area (Å²) in [7, 11) is 1.74. The van der Waals surface area contributed by atoms with E-state index in [4.69, 9.17) is 4.98 Å². The van der Waals surface area contributed by atoms with E-state index in [0.717, 1.165) is 42.5 Å². The fourth-order valence-corrected chi connectivity index (χ4v) is 3.98. The van der Waals surface area contributed by atoms with Gasteiger partial charge in [-0.05, 0) is 37.8 Å². The summed E-state index contributed by atoms with van der Waals surface area (Å²) < 4.78 is 1.56. The third-order valence-electron chi connectivity index (χ3n) is 5.80. The molecule has 150 valence electrons. The van der Waals surface area contributed by atoms with Crippen LogP contribution in [0.5, 0.6) is 0 Å². The molecule has 0 spiro atoms. The molecular formula is C21H24N6O2. The Bertz CT molecular complexity index is 1050. The Morgan fingerprint density at radius 3 is 2.83 bits per heavy atom. The van der Waals surface area contributed by atoms with Gasteiger partial charge in [-0.25, -0.2) is 4.98 Å². The van der Waals surface area contributed by atoms with Gasteiger partial charge in [0, 0.05) is 38.0 Å². The molecule has 8 heteroatoms. The van der Waals surface area contributed by atoms with Gasteiger partial charge in [-0.3, -0.25) is 14.3 Å². The highest BCUT2D eigenvalue weighted by molar-refractivity contribution is 5.96. The van der Waals surface area contributed by atoms with Gasteiger partial charge in [-0.2, -0.15) is 5.10 Å². The molecule has 2 aliphatic rings. The van der Waals surface area contributed by atoms with Gasteiger partial charge in [-0.15, -0.1) is 0 Å². The minimum atomic E-state index is -0.103. The van der Waals surface area contributed by atoms with Crippen molar-refractivity contribution in [2.45, 2.75) is 31.6 Å². The maximum atomic E-state index is 13.1. The lowest BCUT2D eigenvalue weighted by Gasteiger charge is -2.31. The number of aromatic amines is 1. The lowest BCUT2D eigenvalue weighted by Crippen LogP contribution is -2.39. The van der Waals surface area contributed by atoms with Crippen molar-refractivity contribution in [3.63, 3.8) is 0 Å². The van der Waals surface area contributed by atoms with Gasteiger partial charge in [-0.1, -0.05) is 12.1 Å². The number of piperidine rings is 1. The number of carbonyl (C=O) groups excluding carboxylic acids is 2. The normalized spacial score (nSPS) is 19.5. The zero-order valence-electron chi connectivity index (χ0n) is 16.4. The number of rotatable bonds is 4. The third-order valence-corrected chi connectivity index (χ3v) is 5.80. The van der Waals surface area contributed by atoms with Crippen LogP contribution < -0.4 is 5.32 Å². The topological polar surface area (TPSA) is 95.9 Å². The molecule has 0 bridgehead atoms. The summed E-state index contributed by atoms with van der Waals surface area (Å²) in [6.07, 6.45) is 3.79. The Kier molecular flexibility index (Phi) is 4.34. The van der Waals surface area contributed by atoms with Gasteiger partial charge in [0.1, 0.15) is 11.6 Å². The first-order chi connectivity index (χ1) is 14.1. The number of carbonyl (C=O) groups is 2. The molecule has 2 aromatic heterocycles. The van der Waals surface area contributed by atoms with Gasteiger partial charge >= 0.3 is 0 Å². The highest BCUT2D eigenvalue weighted by Crippen LogP contribution is 2.31. The molecule has 2 amide bonds. The molecule has 8 nitrogen and oxygen atoms in total. The number of anilines is 1. The fraction of sp³-hybridized carbons (Fsp3) is 0.429. The number of hydrogen-bond donors (Lipinski definition) is 2. The zero-order valence-corrected chi connectivity index (χ0v) is 16.4. The molecule has 1 unspecified atom stereocenters. The van der Waals surface area contributed by atoms with Crippen molar-refractivity contribution in [2.24, 2.45) is 13.0 Å². The maximum Gasteiger partial charge on any atom is 0.274 e. The van der Waals surface area contributed by atoms with E-state index in [2.05, 4.69) is 15.4 Å². The van der Waals surface area contributed by atoms with Crippen LogP contribution in [0, 0.1) is 5.92 Å². The highest BCUT2D eigenvalue weighted by atomic mass is 16.2. The predicted molar refractivity (Wildman–Crippen MR) is 109 cm³/mol. The number of likely N-dealkylation sites (tertiary alicyclic amines) is 1. The van der Waals surface area contributed by atoms with Crippen LogP contribution in [-0.2, 0) is 11.8 Å². The van der Waals surface area contributed by atoms with Crippen molar-refractivity contribution in [3.05, 3.63) is 41.9 Å². The summed E-state index contributed by atoms with van der Waals surface area (Å²) in [5.41, 5.74) is 2.34. The Labute approximate surface area is 168 Å². The van der Waals surface area contributed by atoms with Gasteiger partial charge < -0.3 is 15.2 Å². The Balaban J connectivity index is 1.31. The Hall–Kier alpha value is -3.16. The van der Waals surface area contributed by atoms with E-state index in [9.17, 15) is 9.59 Å². The van der Waals surface area contributed by atoms with Crippen LogP contribution in [0.4, 0.5) is 5.82 Å². The second-order valence-electron chi connectivity index (χ2n) is 8.03.